The molecule has 36 heavy (non-hydrogen) atoms. The number of ketones is 3. The molecular formula is C28H36O8. The Morgan fingerprint density at radius 3 is 2.33 bits per heavy atom. The number of ether oxygens (including phenoxy) is 1. The minimum Gasteiger partial charge on any atom is -0.508 e. The Morgan fingerprint density at radius 2 is 1.75 bits per heavy atom. The van der Waals surface area contributed by atoms with Crippen LogP contribution in [0.1, 0.15) is 60.8 Å². The lowest BCUT2D eigenvalue weighted by atomic mass is 9.51. The van der Waals surface area contributed by atoms with E-state index < -0.39 is 69.5 Å². The summed E-state index contributed by atoms with van der Waals surface area (Å²) >= 11 is 0. The van der Waals surface area contributed by atoms with Crippen molar-refractivity contribution in [1.82, 2.24) is 0 Å². The third kappa shape index (κ3) is 3.66. The SMILES string of the molecule is C/C=C/C=C\C(O)=C1/C(O)=C(C)C(=O)[C@@]2(C)O[C@@]3(O)[C@@](C)(O)C[C@@H](C(=O)CC/C=C/C)C(=O)[C@@]3(C)[C@@H]12. The predicted octanol–water partition coefficient (Wildman–Crippen LogP) is 3.71. The van der Waals surface area contributed by atoms with Gasteiger partial charge in [-0.1, -0.05) is 30.4 Å². The molecule has 1 heterocycles. The van der Waals surface area contributed by atoms with Crippen molar-refractivity contribution in [2.24, 2.45) is 17.3 Å². The molecule has 0 spiro atoms. The van der Waals surface area contributed by atoms with Gasteiger partial charge in [-0.2, -0.15) is 0 Å². The first-order valence-electron chi connectivity index (χ1n) is 12.2. The fraction of sp³-hybridized carbons (Fsp3) is 0.536. The Bertz CT molecular complexity index is 1140. The molecule has 1 saturated carbocycles. The van der Waals surface area contributed by atoms with Crippen molar-refractivity contribution >= 4 is 17.3 Å². The molecule has 0 radical (unpaired) electrons. The number of rotatable bonds is 6. The van der Waals surface area contributed by atoms with E-state index >= 15 is 0 Å². The average molecular weight is 501 g/mol. The maximum absolute atomic E-state index is 14.1. The van der Waals surface area contributed by atoms with E-state index in [0.717, 1.165) is 0 Å². The number of hydrogen-bond acceptors (Lipinski definition) is 8. The molecule has 2 aliphatic carbocycles. The van der Waals surface area contributed by atoms with Crippen LogP contribution in [-0.4, -0.2) is 54.8 Å². The molecule has 2 fully saturated rings. The Kier molecular flexibility index (Phi) is 7.13. The maximum atomic E-state index is 14.1. The molecule has 0 aromatic heterocycles. The first-order chi connectivity index (χ1) is 16.7. The number of carbonyl (C=O) groups excluding carboxylic acids is 3. The summed E-state index contributed by atoms with van der Waals surface area (Å²) in [6, 6.07) is 0. The number of aliphatic hydroxyl groups is 4. The minimum atomic E-state index is -2.59. The van der Waals surface area contributed by atoms with Crippen molar-refractivity contribution in [2.45, 2.75) is 77.8 Å². The summed E-state index contributed by atoms with van der Waals surface area (Å²) in [5.74, 6) is -8.03. The molecule has 0 aromatic carbocycles. The van der Waals surface area contributed by atoms with Gasteiger partial charge in [-0.25, -0.2) is 0 Å². The number of hydrogen-bond donors (Lipinski definition) is 4. The molecule has 0 amide bonds. The lowest BCUT2D eigenvalue weighted by Gasteiger charge is -2.53. The molecule has 0 unspecified atom stereocenters. The first-order valence-corrected chi connectivity index (χ1v) is 12.2. The number of carbonyl (C=O) groups is 3. The van der Waals surface area contributed by atoms with Crippen LogP contribution in [0.3, 0.4) is 0 Å². The van der Waals surface area contributed by atoms with Crippen molar-refractivity contribution in [2.75, 3.05) is 0 Å². The van der Waals surface area contributed by atoms with E-state index in [9.17, 15) is 34.8 Å². The van der Waals surface area contributed by atoms with Gasteiger partial charge in [-0.15, -0.1) is 0 Å². The van der Waals surface area contributed by atoms with Crippen LogP contribution in [0.25, 0.3) is 0 Å². The summed E-state index contributed by atoms with van der Waals surface area (Å²) < 4.78 is 5.98. The van der Waals surface area contributed by atoms with Gasteiger partial charge >= 0.3 is 0 Å². The third-order valence-electron chi connectivity index (χ3n) is 8.06. The van der Waals surface area contributed by atoms with Crippen LogP contribution >= 0.6 is 0 Å². The van der Waals surface area contributed by atoms with Crippen molar-refractivity contribution in [3.8, 4) is 0 Å². The molecule has 3 rings (SSSR count). The minimum absolute atomic E-state index is 0.0529. The lowest BCUT2D eigenvalue weighted by molar-refractivity contribution is -0.333. The maximum Gasteiger partial charge on any atom is 0.209 e. The highest BCUT2D eigenvalue weighted by Crippen LogP contribution is 2.67. The molecule has 0 bridgehead atoms. The Labute approximate surface area is 211 Å². The topological polar surface area (TPSA) is 141 Å². The first kappa shape index (κ1) is 27.8. The number of allylic oxidation sites excluding steroid dienone is 7. The van der Waals surface area contributed by atoms with E-state index in [-0.39, 0.29) is 17.6 Å². The predicted molar refractivity (Wildman–Crippen MR) is 133 cm³/mol. The molecular weight excluding hydrogens is 464 g/mol. The highest BCUT2D eigenvalue weighted by atomic mass is 16.7. The number of fused-ring (bicyclic) bond motifs is 3. The van der Waals surface area contributed by atoms with Crippen LogP contribution < -0.4 is 0 Å². The molecule has 8 nitrogen and oxygen atoms in total. The van der Waals surface area contributed by atoms with Gasteiger partial charge < -0.3 is 25.2 Å². The van der Waals surface area contributed by atoms with Crippen LogP contribution in [0.4, 0.5) is 0 Å². The van der Waals surface area contributed by atoms with E-state index in [1.54, 1.807) is 31.2 Å². The van der Waals surface area contributed by atoms with Crippen LogP contribution in [0.15, 0.2) is 59.1 Å². The summed E-state index contributed by atoms with van der Waals surface area (Å²) in [5, 5.41) is 45.4. The van der Waals surface area contributed by atoms with Crippen molar-refractivity contribution in [3.05, 3.63) is 59.1 Å². The molecule has 8 heteroatoms. The molecule has 4 N–H and O–H groups in total. The highest BCUT2D eigenvalue weighted by molar-refractivity contribution is 6.10. The zero-order valence-electron chi connectivity index (χ0n) is 21.7. The highest BCUT2D eigenvalue weighted by Gasteiger charge is 2.82. The Hall–Kier alpha value is -2.81. The van der Waals surface area contributed by atoms with Gasteiger partial charge in [0.15, 0.2) is 11.6 Å². The van der Waals surface area contributed by atoms with Gasteiger partial charge in [0.2, 0.25) is 5.79 Å². The molecule has 3 aliphatic rings. The second-order valence-corrected chi connectivity index (χ2v) is 10.4. The lowest BCUT2D eigenvalue weighted by Crippen LogP contribution is -2.70. The summed E-state index contributed by atoms with van der Waals surface area (Å²) in [7, 11) is 0. The van der Waals surface area contributed by atoms with Gasteiger partial charge in [0.1, 0.15) is 28.5 Å². The van der Waals surface area contributed by atoms with Gasteiger partial charge in [-0.05, 0) is 60.5 Å². The summed E-state index contributed by atoms with van der Waals surface area (Å²) in [4.78, 5) is 40.7. The fourth-order valence-electron chi connectivity index (χ4n) is 6.19. The summed E-state index contributed by atoms with van der Waals surface area (Å²) in [6.07, 6.45) is 9.79. The quantitative estimate of drug-likeness (QED) is 0.187. The van der Waals surface area contributed by atoms with Gasteiger partial charge in [-0.3, -0.25) is 14.4 Å². The molecule has 6 atom stereocenters. The third-order valence-corrected chi connectivity index (χ3v) is 8.06. The normalized spacial score (nSPS) is 40.4. The zero-order chi connectivity index (χ0) is 27.3. The second-order valence-electron chi connectivity index (χ2n) is 10.4. The zero-order valence-corrected chi connectivity index (χ0v) is 21.7. The molecule has 1 aliphatic heterocycles. The summed E-state index contributed by atoms with van der Waals surface area (Å²) in [6.45, 7) is 8.90. The van der Waals surface area contributed by atoms with E-state index in [1.165, 1.54) is 39.8 Å². The number of Topliss-reactive ketones (excluding diaryl/α,β-unsaturated/α-hetero) is 3. The van der Waals surface area contributed by atoms with Crippen molar-refractivity contribution in [1.29, 1.82) is 0 Å². The van der Waals surface area contributed by atoms with Crippen LogP contribution in [0.2, 0.25) is 0 Å². The van der Waals surface area contributed by atoms with Crippen LogP contribution in [-0.2, 0) is 19.1 Å². The average Bonchev–Trinajstić information content (AvgIpc) is 3.01. The Morgan fingerprint density at radius 1 is 1.11 bits per heavy atom. The molecule has 196 valence electrons. The Balaban J connectivity index is 2.30. The molecule has 1 saturated heterocycles. The van der Waals surface area contributed by atoms with Gasteiger partial charge in [0.25, 0.3) is 0 Å². The van der Waals surface area contributed by atoms with E-state index in [2.05, 4.69) is 0 Å². The van der Waals surface area contributed by atoms with Gasteiger partial charge in [0.05, 0.1) is 11.3 Å². The van der Waals surface area contributed by atoms with Gasteiger partial charge in [0, 0.05) is 23.5 Å². The standard InChI is InChI=1S/C28H36O8/c1-7-9-11-13-18(29)17-15-25(4,34)28(35)26(5,24(17)33)22-20(19(30)14-12-10-8-2)21(31)16(3)23(32)27(22,6)36-28/h7-10,12,14,17,22,30-31,34-35H,11,13,15H2,1-6H3/b9-7+,10-8+,14-12-,20-19-/t17-,22+,25-,26+,27-,28-/m0/s1. The largest absolute Gasteiger partial charge is 0.508 e. The number of aliphatic hydroxyl groups excluding tert-OH is 2. The van der Waals surface area contributed by atoms with Crippen LogP contribution in [0.5, 0.6) is 0 Å². The van der Waals surface area contributed by atoms with E-state index in [1.807, 2.05) is 6.92 Å². The van der Waals surface area contributed by atoms with Crippen LogP contribution in [0, 0.1) is 17.3 Å². The fourth-order valence-corrected chi connectivity index (χ4v) is 6.19. The van der Waals surface area contributed by atoms with Crippen molar-refractivity contribution < 1.29 is 39.5 Å². The van der Waals surface area contributed by atoms with E-state index in [4.69, 9.17) is 4.74 Å². The van der Waals surface area contributed by atoms with Crippen molar-refractivity contribution in [3.63, 3.8) is 0 Å². The second kappa shape index (κ2) is 9.25. The summed E-state index contributed by atoms with van der Waals surface area (Å²) in [5.41, 5.74) is -6.37. The molecule has 0 aromatic rings. The monoisotopic (exact) mass is 500 g/mol. The smallest absolute Gasteiger partial charge is 0.209 e. The van der Waals surface area contributed by atoms with E-state index in [0.29, 0.717) is 6.42 Å².